The van der Waals surface area contributed by atoms with E-state index in [4.69, 9.17) is 4.74 Å². The number of hydrogen-bond acceptors (Lipinski definition) is 4. The van der Waals surface area contributed by atoms with Crippen molar-refractivity contribution in [2.24, 2.45) is 5.10 Å². The number of para-hydroxylation sites is 1. The van der Waals surface area contributed by atoms with Gasteiger partial charge in [0.2, 0.25) is 0 Å². The number of nitrogens with zero attached hydrogens (tertiary/aromatic N) is 2. The Morgan fingerprint density at radius 3 is 2.60 bits per heavy atom. The molecule has 0 bridgehead atoms. The molecular weight excluding hydrogens is 254 g/mol. The van der Waals surface area contributed by atoms with E-state index >= 15 is 0 Å². The van der Waals surface area contributed by atoms with Gasteiger partial charge in [-0.05, 0) is 31.2 Å². The minimum absolute atomic E-state index is 0.0723. The average molecular weight is 269 g/mol. The predicted molar refractivity (Wildman–Crippen MR) is 76.5 cm³/mol. The number of benzene rings is 1. The number of hydrazone groups is 1. The molecule has 0 radical (unpaired) electrons. The van der Waals surface area contributed by atoms with Gasteiger partial charge in [-0.1, -0.05) is 18.2 Å². The standard InChI is InChI=1S/C15H15N3O2/c1-12(13-7-9-16-10-8-13)17-18-15(19)11-20-14-5-3-2-4-6-14/h2-10H,11H2,1H3,(H,18,19)/b17-12+. The number of carbonyl (C=O) groups is 1. The molecule has 1 aromatic carbocycles. The van der Waals surface area contributed by atoms with E-state index in [0.29, 0.717) is 11.5 Å². The monoisotopic (exact) mass is 269 g/mol. The summed E-state index contributed by atoms with van der Waals surface area (Å²) < 4.78 is 5.31. The highest BCUT2D eigenvalue weighted by atomic mass is 16.5. The lowest BCUT2D eigenvalue weighted by Gasteiger charge is -2.05. The summed E-state index contributed by atoms with van der Waals surface area (Å²) in [5, 5.41) is 4.02. The van der Waals surface area contributed by atoms with E-state index in [-0.39, 0.29) is 12.5 Å². The highest BCUT2D eigenvalue weighted by molar-refractivity contribution is 5.99. The van der Waals surface area contributed by atoms with Crippen molar-refractivity contribution in [1.82, 2.24) is 10.4 Å². The minimum atomic E-state index is -0.303. The van der Waals surface area contributed by atoms with Crippen LogP contribution >= 0.6 is 0 Å². The Morgan fingerprint density at radius 2 is 1.90 bits per heavy atom. The molecule has 0 aliphatic rings. The van der Waals surface area contributed by atoms with Crippen LogP contribution in [0.2, 0.25) is 0 Å². The number of aromatic nitrogens is 1. The second-order valence-electron chi connectivity index (χ2n) is 4.07. The van der Waals surface area contributed by atoms with Crippen LogP contribution < -0.4 is 10.2 Å². The van der Waals surface area contributed by atoms with Crippen LogP contribution in [0.4, 0.5) is 0 Å². The van der Waals surface area contributed by atoms with Crippen LogP contribution in [0.5, 0.6) is 5.75 Å². The molecule has 5 nitrogen and oxygen atoms in total. The van der Waals surface area contributed by atoms with Gasteiger partial charge in [0.25, 0.3) is 5.91 Å². The molecule has 5 heteroatoms. The summed E-state index contributed by atoms with van der Waals surface area (Å²) in [6.45, 7) is 1.74. The topological polar surface area (TPSA) is 63.6 Å². The minimum Gasteiger partial charge on any atom is -0.484 e. The third kappa shape index (κ3) is 4.20. The summed E-state index contributed by atoms with van der Waals surface area (Å²) in [6, 6.07) is 12.8. The van der Waals surface area contributed by atoms with Crippen LogP contribution in [0.15, 0.2) is 60.0 Å². The van der Waals surface area contributed by atoms with Gasteiger partial charge in [0.15, 0.2) is 6.61 Å². The zero-order valence-electron chi connectivity index (χ0n) is 11.1. The van der Waals surface area contributed by atoms with E-state index in [0.717, 1.165) is 5.56 Å². The molecule has 0 saturated carbocycles. The molecule has 0 spiro atoms. The fourth-order valence-electron chi connectivity index (χ4n) is 1.50. The van der Waals surface area contributed by atoms with Crippen LogP contribution in [0.25, 0.3) is 0 Å². The number of hydrogen-bond donors (Lipinski definition) is 1. The summed E-state index contributed by atoms with van der Waals surface area (Å²) in [7, 11) is 0. The highest BCUT2D eigenvalue weighted by Crippen LogP contribution is 2.07. The lowest BCUT2D eigenvalue weighted by molar-refractivity contribution is -0.123. The lowest BCUT2D eigenvalue weighted by atomic mass is 10.2. The maximum atomic E-state index is 11.6. The largest absolute Gasteiger partial charge is 0.484 e. The summed E-state index contributed by atoms with van der Waals surface area (Å²) in [5.41, 5.74) is 4.07. The van der Waals surface area contributed by atoms with Crippen molar-refractivity contribution in [2.75, 3.05) is 6.61 Å². The van der Waals surface area contributed by atoms with Gasteiger partial charge < -0.3 is 4.74 Å². The fraction of sp³-hybridized carbons (Fsp3) is 0.133. The molecule has 1 aromatic heterocycles. The molecule has 2 aromatic rings. The van der Waals surface area contributed by atoms with Crippen molar-refractivity contribution in [2.45, 2.75) is 6.92 Å². The molecule has 0 unspecified atom stereocenters. The smallest absolute Gasteiger partial charge is 0.277 e. The average Bonchev–Trinajstić information content (AvgIpc) is 2.52. The van der Waals surface area contributed by atoms with Gasteiger partial charge in [0, 0.05) is 18.0 Å². The molecule has 20 heavy (non-hydrogen) atoms. The number of ether oxygens (including phenoxy) is 1. The van der Waals surface area contributed by atoms with E-state index in [9.17, 15) is 4.79 Å². The van der Waals surface area contributed by atoms with Crippen molar-refractivity contribution in [3.63, 3.8) is 0 Å². The molecule has 0 saturated heterocycles. The van der Waals surface area contributed by atoms with Gasteiger partial charge in [-0.3, -0.25) is 9.78 Å². The Morgan fingerprint density at radius 1 is 1.20 bits per heavy atom. The fourth-order valence-corrected chi connectivity index (χ4v) is 1.50. The Bertz CT molecular complexity index is 583. The molecule has 1 heterocycles. The molecule has 0 aliphatic carbocycles. The predicted octanol–water partition coefficient (Wildman–Crippen LogP) is 2.00. The van der Waals surface area contributed by atoms with E-state index in [2.05, 4.69) is 15.5 Å². The summed E-state index contributed by atoms with van der Waals surface area (Å²) in [6.07, 6.45) is 3.35. The first-order valence-corrected chi connectivity index (χ1v) is 6.17. The van der Waals surface area contributed by atoms with E-state index in [1.165, 1.54) is 0 Å². The van der Waals surface area contributed by atoms with Gasteiger partial charge in [-0.25, -0.2) is 5.43 Å². The molecule has 0 atom stereocenters. The maximum Gasteiger partial charge on any atom is 0.277 e. The van der Waals surface area contributed by atoms with Crippen LogP contribution in [0, 0.1) is 0 Å². The van der Waals surface area contributed by atoms with Crippen LogP contribution in [-0.4, -0.2) is 23.2 Å². The Labute approximate surface area is 117 Å². The van der Waals surface area contributed by atoms with Crippen LogP contribution in [0.3, 0.4) is 0 Å². The first-order chi connectivity index (χ1) is 9.75. The van der Waals surface area contributed by atoms with Crippen molar-refractivity contribution in [3.8, 4) is 5.75 Å². The van der Waals surface area contributed by atoms with Gasteiger partial charge >= 0.3 is 0 Å². The second kappa shape index (κ2) is 7.04. The summed E-state index contributed by atoms with van der Waals surface area (Å²) in [4.78, 5) is 15.5. The summed E-state index contributed by atoms with van der Waals surface area (Å²) >= 11 is 0. The molecule has 1 amide bonds. The summed E-state index contributed by atoms with van der Waals surface area (Å²) in [5.74, 6) is 0.347. The molecule has 2 rings (SSSR count). The Hall–Kier alpha value is -2.69. The van der Waals surface area contributed by atoms with Crippen molar-refractivity contribution in [1.29, 1.82) is 0 Å². The Balaban J connectivity index is 1.83. The third-order valence-electron chi connectivity index (χ3n) is 2.56. The number of amides is 1. The highest BCUT2D eigenvalue weighted by Gasteiger charge is 2.02. The first kappa shape index (κ1) is 13.7. The quantitative estimate of drug-likeness (QED) is 0.667. The van der Waals surface area contributed by atoms with Gasteiger partial charge in [0.1, 0.15) is 5.75 Å². The molecule has 102 valence electrons. The molecular formula is C15H15N3O2. The van der Waals surface area contributed by atoms with E-state index < -0.39 is 0 Å². The number of rotatable bonds is 5. The van der Waals surface area contributed by atoms with E-state index in [1.807, 2.05) is 37.3 Å². The number of carbonyl (C=O) groups excluding carboxylic acids is 1. The number of nitrogens with one attached hydrogen (secondary N) is 1. The van der Waals surface area contributed by atoms with Gasteiger partial charge in [-0.2, -0.15) is 5.10 Å². The van der Waals surface area contributed by atoms with Gasteiger partial charge in [0.05, 0.1) is 5.71 Å². The molecule has 0 aliphatic heterocycles. The molecule has 1 N–H and O–H groups in total. The van der Waals surface area contributed by atoms with Crippen molar-refractivity contribution >= 4 is 11.6 Å². The van der Waals surface area contributed by atoms with Crippen LogP contribution in [-0.2, 0) is 4.79 Å². The van der Waals surface area contributed by atoms with Gasteiger partial charge in [-0.15, -0.1) is 0 Å². The third-order valence-corrected chi connectivity index (χ3v) is 2.56. The lowest BCUT2D eigenvalue weighted by Crippen LogP contribution is -2.25. The maximum absolute atomic E-state index is 11.6. The van der Waals surface area contributed by atoms with E-state index in [1.54, 1.807) is 24.5 Å². The number of pyridine rings is 1. The van der Waals surface area contributed by atoms with Crippen molar-refractivity contribution in [3.05, 3.63) is 60.4 Å². The second-order valence-corrected chi connectivity index (χ2v) is 4.07. The SMILES string of the molecule is C/C(=N\NC(=O)COc1ccccc1)c1ccncc1. The zero-order valence-corrected chi connectivity index (χ0v) is 11.1. The normalized spacial score (nSPS) is 10.9. The first-order valence-electron chi connectivity index (χ1n) is 6.17. The zero-order chi connectivity index (χ0) is 14.2. The van der Waals surface area contributed by atoms with Crippen molar-refractivity contribution < 1.29 is 9.53 Å². The Kier molecular flexibility index (Phi) is 4.83. The van der Waals surface area contributed by atoms with Crippen LogP contribution in [0.1, 0.15) is 12.5 Å². The molecule has 0 fully saturated rings.